The van der Waals surface area contributed by atoms with Gasteiger partial charge >= 0.3 is 0 Å². The Morgan fingerprint density at radius 2 is 2.20 bits per heavy atom. The second-order valence-electron chi connectivity index (χ2n) is 6.10. The summed E-state index contributed by atoms with van der Waals surface area (Å²) < 4.78 is 0. The van der Waals surface area contributed by atoms with Crippen molar-refractivity contribution >= 4 is 11.8 Å². The van der Waals surface area contributed by atoms with Crippen molar-refractivity contribution in [2.75, 3.05) is 31.9 Å². The van der Waals surface area contributed by atoms with E-state index in [1.54, 1.807) is 5.56 Å². The zero-order valence-electron chi connectivity index (χ0n) is 12.5. The Bertz CT molecular complexity index is 429. The van der Waals surface area contributed by atoms with E-state index >= 15 is 0 Å². The SMILES string of the molecule is CCCN(CC1CCCN1)CC1CSc2ccccc21. The molecule has 1 aromatic carbocycles. The molecule has 2 atom stereocenters. The fraction of sp³-hybridized carbons (Fsp3) is 0.647. The Labute approximate surface area is 127 Å². The van der Waals surface area contributed by atoms with Crippen molar-refractivity contribution in [3.63, 3.8) is 0 Å². The maximum absolute atomic E-state index is 3.64. The van der Waals surface area contributed by atoms with Crippen LogP contribution in [0.1, 0.15) is 37.7 Å². The number of benzene rings is 1. The predicted octanol–water partition coefficient (Wildman–Crippen LogP) is 3.34. The first-order chi connectivity index (χ1) is 9.86. The molecule has 1 aromatic rings. The van der Waals surface area contributed by atoms with Crippen LogP contribution in [0.4, 0.5) is 0 Å². The molecule has 3 rings (SSSR count). The van der Waals surface area contributed by atoms with E-state index < -0.39 is 0 Å². The number of nitrogens with zero attached hydrogens (tertiary/aromatic N) is 1. The van der Waals surface area contributed by atoms with Crippen molar-refractivity contribution in [3.05, 3.63) is 29.8 Å². The van der Waals surface area contributed by atoms with E-state index in [4.69, 9.17) is 0 Å². The minimum atomic E-state index is 0.726. The number of nitrogens with one attached hydrogen (secondary N) is 1. The van der Waals surface area contributed by atoms with Crippen molar-refractivity contribution in [1.82, 2.24) is 10.2 Å². The second kappa shape index (κ2) is 6.97. The summed E-state index contributed by atoms with van der Waals surface area (Å²) in [5.74, 6) is 1.99. The van der Waals surface area contributed by atoms with Crippen molar-refractivity contribution < 1.29 is 0 Å². The van der Waals surface area contributed by atoms with Gasteiger partial charge in [0, 0.05) is 35.7 Å². The number of rotatable bonds is 6. The number of thioether (sulfide) groups is 1. The molecule has 2 aliphatic rings. The molecule has 20 heavy (non-hydrogen) atoms. The largest absolute Gasteiger partial charge is 0.313 e. The van der Waals surface area contributed by atoms with Crippen LogP contribution in [0.3, 0.4) is 0 Å². The molecule has 2 aliphatic heterocycles. The first-order valence-electron chi connectivity index (χ1n) is 8.04. The Hall–Kier alpha value is -0.510. The Kier molecular flexibility index (Phi) is 5.03. The van der Waals surface area contributed by atoms with E-state index in [0.29, 0.717) is 0 Å². The third kappa shape index (κ3) is 3.38. The summed E-state index contributed by atoms with van der Waals surface area (Å²) >= 11 is 2.04. The van der Waals surface area contributed by atoms with E-state index in [9.17, 15) is 0 Å². The van der Waals surface area contributed by atoms with Crippen LogP contribution in [0, 0.1) is 0 Å². The van der Waals surface area contributed by atoms with Gasteiger partial charge in [0.15, 0.2) is 0 Å². The van der Waals surface area contributed by atoms with Crippen LogP contribution in [-0.4, -0.2) is 42.9 Å². The van der Waals surface area contributed by atoms with Crippen LogP contribution in [0.25, 0.3) is 0 Å². The van der Waals surface area contributed by atoms with Crippen molar-refractivity contribution in [1.29, 1.82) is 0 Å². The van der Waals surface area contributed by atoms with Gasteiger partial charge in [0.2, 0.25) is 0 Å². The summed E-state index contributed by atoms with van der Waals surface area (Å²) in [6.45, 7) is 7.22. The molecule has 2 heterocycles. The van der Waals surface area contributed by atoms with Crippen LogP contribution in [0.2, 0.25) is 0 Å². The highest BCUT2D eigenvalue weighted by molar-refractivity contribution is 7.99. The Morgan fingerprint density at radius 3 is 3.00 bits per heavy atom. The minimum absolute atomic E-state index is 0.726. The van der Waals surface area contributed by atoms with Gasteiger partial charge in [0.25, 0.3) is 0 Å². The first-order valence-corrected chi connectivity index (χ1v) is 9.03. The third-order valence-corrected chi connectivity index (χ3v) is 5.71. The molecule has 0 spiro atoms. The lowest BCUT2D eigenvalue weighted by Gasteiger charge is -2.28. The van der Waals surface area contributed by atoms with Gasteiger partial charge in [-0.1, -0.05) is 25.1 Å². The van der Waals surface area contributed by atoms with Gasteiger partial charge in [0.05, 0.1) is 0 Å². The standard InChI is InChI=1S/C17H26N2S/c1-2-10-19(12-15-6-5-9-18-15)11-14-13-20-17-8-4-3-7-16(14)17/h3-4,7-8,14-15,18H,2,5-6,9-13H2,1H3. The Balaban J connectivity index is 1.61. The van der Waals surface area contributed by atoms with Gasteiger partial charge in [0.1, 0.15) is 0 Å². The van der Waals surface area contributed by atoms with Gasteiger partial charge in [-0.3, -0.25) is 0 Å². The summed E-state index contributed by atoms with van der Waals surface area (Å²) in [7, 11) is 0. The average molecular weight is 290 g/mol. The lowest BCUT2D eigenvalue weighted by Crippen LogP contribution is -2.40. The van der Waals surface area contributed by atoms with Crippen LogP contribution in [0.15, 0.2) is 29.2 Å². The van der Waals surface area contributed by atoms with Crippen molar-refractivity contribution in [2.24, 2.45) is 0 Å². The van der Waals surface area contributed by atoms with Gasteiger partial charge < -0.3 is 10.2 Å². The van der Waals surface area contributed by atoms with E-state index in [-0.39, 0.29) is 0 Å². The molecule has 0 bridgehead atoms. The average Bonchev–Trinajstić information content (AvgIpc) is 3.10. The molecule has 3 heteroatoms. The lowest BCUT2D eigenvalue weighted by atomic mass is 10.0. The zero-order valence-corrected chi connectivity index (χ0v) is 13.3. The van der Waals surface area contributed by atoms with Crippen LogP contribution < -0.4 is 5.32 Å². The molecule has 1 saturated heterocycles. The maximum atomic E-state index is 3.64. The molecule has 1 fully saturated rings. The zero-order chi connectivity index (χ0) is 13.8. The highest BCUT2D eigenvalue weighted by atomic mass is 32.2. The third-order valence-electron chi connectivity index (χ3n) is 4.46. The molecular weight excluding hydrogens is 264 g/mol. The lowest BCUT2D eigenvalue weighted by molar-refractivity contribution is 0.239. The monoisotopic (exact) mass is 290 g/mol. The summed E-state index contributed by atoms with van der Waals surface area (Å²) in [5, 5.41) is 3.64. The highest BCUT2D eigenvalue weighted by Gasteiger charge is 2.26. The molecule has 0 saturated carbocycles. The molecule has 1 N–H and O–H groups in total. The highest BCUT2D eigenvalue weighted by Crippen LogP contribution is 2.39. The molecule has 0 aliphatic carbocycles. The normalized spacial score (nSPS) is 25.3. The quantitative estimate of drug-likeness (QED) is 0.865. The molecule has 2 nitrogen and oxygen atoms in total. The maximum Gasteiger partial charge on any atom is 0.0195 e. The van der Waals surface area contributed by atoms with Crippen LogP contribution in [0.5, 0.6) is 0 Å². The fourth-order valence-corrected chi connectivity index (χ4v) is 4.73. The molecule has 0 aromatic heterocycles. The van der Waals surface area contributed by atoms with Gasteiger partial charge in [-0.2, -0.15) is 0 Å². The Morgan fingerprint density at radius 1 is 1.30 bits per heavy atom. The summed E-state index contributed by atoms with van der Waals surface area (Å²) in [6, 6.07) is 9.70. The smallest absolute Gasteiger partial charge is 0.0195 e. The summed E-state index contributed by atoms with van der Waals surface area (Å²) in [5.41, 5.74) is 1.58. The summed E-state index contributed by atoms with van der Waals surface area (Å²) in [4.78, 5) is 4.20. The topological polar surface area (TPSA) is 15.3 Å². The second-order valence-corrected chi connectivity index (χ2v) is 7.16. The van der Waals surface area contributed by atoms with Crippen molar-refractivity contribution in [2.45, 2.75) is 43.0 Å². The molecule has 0 amide bonds. The minimum Gasteiger partial charge on any atom is -0.313 e. The first kappa shape index (κ1) is 14.4. The number of fused-ring (bicyclic) bond motifs is 1. The molecule has 110 valence electrons. The van der Waals surface area contributed by atoms with Crippen LogP contribution in [-0.2, 0) is 0 Å². The predicted molar refractivity (Wildman–Crippen MR) is 87.7 cm³/mol. The van der Waals surface area contributed by atoms with E-state index in [1.807, 2.05) is 11.8 Å². The molecule has 2 unspecified atom stereocenters. The number of hydrogen-bond acceptors (Lipinski definition) is 3. The summed E-state index contributed by atoms with van der Waals surface area (Å²) in [6.07, 6.45) is 3.97. The van der Waals surface area contributed by atoms with E-state index in [1.165, 1.54) is 56.1 Å². The van der Waals surface area contributed by atoms with Gasteiger partial charge in [-0.25, -0.2) is 0 Å². The van der Waals surface area contributed by atoms with E-state index in [2.05, 4.69) is 41.4 Å². The molecule has 0 radical (unpaired) electrons. The van der Waals surface area contributed by atoms with Crippen LogP contribution >= 0.6 is 11.8 Å². The van der Waals surface area contributed by atoms with E-state index in [0.717, 1.165) is 12.0 Å². The molecular formula is C17H26N2S. The van der Waals surface area contributed by atoms with Crippen molar-refractivity contribution in [3.8, 4) is 0 Å². The number of hydrogen-bond donors (Lipinski definition) is 1. The fourth-order valence-electron chi connectivity index (χ4n) is 3.49. The van der Waals surface area contributed by atoms with Gasteiger partial charge in [-0.15, -0.1) is 11.8 Å². The van der Waals surface area contributed by atoms with Gasteiger partial charge in [-0.05, 0) is 44.0 Å².